The lowest BCUT2D eigenvalue weighted by atomic mass is 10.1. The van der Waals surface area contributed by atoms with Crippen molar-refractivity contribution in [2.24, 2.45) is 0 Å². The van der Waals surface area contributed by atoms with Gasteiger partial charge in [-0.05, 0) is 32.8 Å². The van der Waals surface area contributed by atoms with Crippen LogP contribution in [0.4, 0.5) is 0 Å². The number of aromatic amines is 1. The Bertz CT molecular complexity index is 855. The van der Waals surface area contributed by atoms with Crippen molar-refractivity contribution in [1.29, 1.82) is 0 Å². The normalized spacial score (nSPS) is 27.9. The summed E-state index contributed by atoms with van der Waals surface area (Å²) in [6.07, 6.45) is 3.63. The number of aliphatic hydroxyl groups excluding tert-OH is 2. The van der Waals surface area contributed by atoms with E-state index in [-0.39, 0.29) is 11.1 Å². The van der Waals surface area contributed by atoms with Crippen molar-refractivity contribution in [1.82, 2.24) is 19.5 Å². The van der Waals surface area contributed by atoms with Crippen molar-refractivity contribution in [2.45, 2.75) is 37.9 Å². The van der Waals surface area contributed by atoms with Gasteiger partial charge in [-0.25, -0.2) is 9.97 Å². The first kappa shape index (κ1) is 17.4. The number of fused-ring (bicyclic) bond motifs is 1. The van der Waals surface area contributed by atoms with E-state index in [0.717, 1.165) is 6.16 Å². The molecule has 1 fully saturated rings. The molecular formula is C15H23N4O4P. The maximum absolute atomic E-state index is 11.9. The Kier molecular flexibility index (Phi) is 4.42. The van der Waals surface area contributed by atoms with Gasteiger partial charge in [-0.2, -0.15) is 0 Å². The summed E-state index contributed by atoms with van der Waals surface area (Å²) < 4.78 is 7.38. The van der Waals surface area contributed by atoms with E-state index in [2.05, 4.69) is 34.6 Å². The largest absolute Gasteiger partial charge is 0.388 e. The molecule has 4 atom stereocenters. The Labute approximate surface area is 139 Å². The van der Waals surface area contributed by atoms with Crippen molar-refractivity contribution in [3.63, 3.8) is 0 Å². The van der Waals surface area contributed by atoms with E-state index in [1.54, 1.807) is 6.92 Å². The van der Waals surface area contributed by atoms with E-state index in [4.69, 9.17) is 4.74 Å². The number of nitrogens with one attached hydrogen (secondary N) is 1. The molecule has 3 N–H and O–H groups in total. The van der Waals surface area contributed by atoms with Crippen LogP contribution < -0.4 is 5.56 Å². The zero-order chi connectivity index (χ0) is 17.6. The van der Waals surface area contributed by atoms with Crippen LogP contribution in [0, 0.1) is 6.92 Å². The van der Waals surface area contributed by atoms with Gasteiger partial charge in [0.25, 0.3) is 5.56 Å². The maximum Gasteiger partial charge on any atom is 0.279 e. The third-order valence-electron chi connectivity index (χ3n) is 4.18. The Balaban J connectivity index is 1.90. The van der Waals surface area contributed by atoms with Gasteiger partial charge < -0.3 is 19.9 Å². The highest BCUT2D eigenvalue weighted by Gasteiger charge is 2.44. The van der Waals surface area contributed by atoms with E-state index >= 15 is 0 Å². The van der Waals surface area contributed by atoms with Gasteiger partial charge in [0.05, 0.1) is 12.4 Å². The minimum atomic E-state index is -1.25. The van der Waals surface area contributed by atoms with E-state index in [1.165, 1.54) is 10.9 Å². The van der Waals surface area contributed by atoms with Crippen LogP contribution in [-0.2, 0) is 4.74 Å². The van der Waals surface area contributed by atoms with Crippen LogP contribution in [0.1, 0.15) is 18.5 Å². The molecule has 0 aromatic carbocycles. The summed E-state index contributed by atoms with van der Waals surface area (Å²) >= 11 is 0. The minimum absolute atomic E-state index is 0.180. The van der Waals surface area contributed by atoms with Gasteiger partial charge in [0, 0.05) is 0 Å². The molecule has 9 heteroatoms. The predicted molar refractivity (Wildman–Crippen MR) is 94.2 cm³/mol. The molecule has 8 nitrogen and oxygen atoms in total. The average molecular weight is 354 g/mol. The second kappa shape index (κ2) is 6.11. The first-order valence-corrected chi connectivity index (χ1v) is 10.8. The van der Waals surface area contributed by atoms with Gasteiger partial charge in [-0.15, -0.1) is 13.2 Å². The summed E-state index contributed by atoms with van der Waals surface area (Å²) in [6.45, 7) is 4.65. The van der Waals surface area contributed by atoms with Crippen LogP contribution in [0.25, 0.3) is 11.2 Å². The number of H-pyrrole nitrogens is 1. The second-order valence-electron chi connectivity index (χ2n) is 6.97. The van der Waals surface area contributed by atoms with Crippen molar-refractivity contribution in [2.75, 3.05) is 19.5 Å². The fraction of sp³-hybridized carbons (Fsp3) is 0.600. The lowest BCUT2D eigenvalue weighted by Crippen LogP contribution is -2.32. The molecule has 3 rings (SSSR count). The summed E-state index contributed by atoms with van der Waals surface area (Å²) in [4.78, 5) is 22.8. The van der Waals surface area contributed by atoms with Gasteiger partial charge in [-0.3, -0.25) is 9.36 Å². The molecule has 0 saturated carbocycles. The molecule has 0 spiro atoms. The molecule has 1 aliphatic rings. The van der Waals surface area contributed by atoms with E-state index in [1.807, 2.05) is 0 Å². The molecule has 0 bridgehead atoms. The summed E-state index contributed by atoms with van der Waals surface area (Å²) in [5.41, 5.74) is 0.168. The van der Waals surface area contributed by atoms with Crippen LogP contribution in [0.15, 0.2) is 11.1 Å². The van der Waals surface area contributed by atoms with Crippen LogP contribution in [0.2, 0.25) is 0 Å². The summed E-state index contributed by atoms with van der Waals surface area (Å²) in [6, 6.07) is 0. The third-order valence-corrected chi connectivity index (χ3v) is 5.65. The van der Waals surface area contributed by atoms with Crippen LogP contribution in [0.5, 0.6) is 0 Å². The lowest BCUT2D eigenvalue weighted by molar-refractivity contribution is -0.0353. The van der Waals surface area contributed by atoms with Gasteiger partial charge in [0.2, 0.25) is 0 Å². The van der Waals surface area contributed by atoms with Gasteiger partial charge >= 0.3 is 0 Å². The van der Waals surface area contributed by atoms with Gasteiger partial charge in [0.1, 0.15) is 18.0 Å². The Morgan fingerprint density at radius 2 is 2.12 bits per heavy atom. The molecule has 0 amide bonds. The van der Waals surface area contributed by atoms with Gasteiger partial charge in [0.15, 0.2) is 17.4 Å². The zero-order valence-electron chi connectivity index (χ0n) is 14.0. The summed E-state index contributed by atoms with van der Waals surface area (Å²) in [5.74, 6) is 0.447. The molecule has 0 radical (unpaired) electrons. The standard InChI is InChI=1S/C15H23N4O4P/c1-8-17-13-10(14(22)18-8)16-7-19(13)15-12(21)11(20)9(23-15)5-6-24(2,3)4/h7,9,11-12,15,20-21H,2,5-6H2,1,3-4H3,(H,17,18,22)/t9-,11-,12-,15?/m1/s1. The van der Waals surface area contributed by atoms with E-state index < -0.39 is 31.4 Å². The first-order valence-electron chi connectivity index (χ1n) is 7.80. The molecule has 1 saturated heterocycles. The zero-order valence-corrected chi connectivity index (χ0v) is 14.9. The number of rotatable bonds is 4. The fourth-order valence-electron chi connectivity index (χ4n) is 2.90. The Hall–Kier alpha value is -1.47. The van der Waals surface area contributed by atoms with E-state index in [0.29, 0.717) is 17.9 Å². The number of aromatic nitrogens is 4. The monoisotopic (exact) mass is 354 g/mol. The maximum atomic E-state index is 11.9. The van der Waals surface area contributed by atoms with Crippen LogP contribution in [0.3, 0.4) is 0 Å². The SMILES string of the molecule is C=P(C)(C)CC[C@H]1OC(n2cnc3c(=O)[nH]c(C)nc32)[C@H](O)[C@@H]1O. The molecule has 2 aromatic rings. The predicted octanol–water partition coefficient (Wildman–Crippen LogP) is 0.147. The number of ether oxygens (including phenoxy) is 1. The smallest absolute Gasteiger partial charge is 0.279 e. The molecule has 3 heterocycles. The Morgan fingerprint density at radius 1 is 1.42 bits per heavy atom. The van der Waals surface area contributed by atoms with E-state index in [9.17, 15) is 15.0 Å². The fourth-order valence-corrected chi connectivity index (χ4v) is 3.85. The van der Waals surface area contributed by atoms with Crippen molar-refractivity contribution in [3.8, 4) is 0 Å². The highest BCUT2D eigenvalue weighted by Crippen LogP contribution is 2.39. The highest BCUT2D eigenvalue weighted by molar-refractivity contribution is 7.72. The third kappa shape index (κ3) is 3.19. The molecule has 2 aromatic heterocycles. The average Bonchev–Trinajstić information content (AvgIpc) is 3.00. The lowest BCUT2D eigenvalue weighted by Gasteiger charge is -2.18. The number of nitrogens with zero attached hydrogens (tertiary/aromatic N) is 3. The quantitative estimate of drug-likeness (QED) is 0.674. The molecule has 1 aliphatic heterocycles. The Morgan fingerprint density at radius 3 is 2.79 bits per heavy atom. The molecular weight excluding hydrogens is 331 g/mol. The topological polar surface area (TPSA) is 113 Å². The highest BCUT2D eigenvalue weighted by atomic mass is 31.2. The van der Waals surface area contributed by atoms with Crippen LogP contribution >= 0.6 is 6.89 Å². The summed E-state index contributed by atoms with van der Waals surface area (Å²) in [7, 11) is 0. The van der Waals surface area contributed by atoms with Gasteiger partial charge in [-0.1, -0.05) is 0 Å². The van der Waals surface area contributed by atoms with Crippen molar-refractivity contribution < 1.29 is 14.9 Å². The number of hydrogen-bond acceptors (Lipinski definition) is 6. The van der Waals surface area contributed by atoms with Crippen molar-refractivity contribution >= 4 is 24.3 Å². The first-order chi connectivity index (χ1) is 11.2. The summed E-state index contributed by atoms with van der Waals surface area (Å²) in [5, 5.41) is 20.7. The molecule has 132 valence electrons. The molecule has 24 heavy (non-hydrogen) atoms. The second-order valence-corrected chi connectivity index (χ2v) is 11.3. The number of imidazole rings is 1. The van der Waals surface area contributed by atoms with Crippen LogP contribution in [-0.4, -0.2) is 73.8 Å². The molecule has 1 unspecified atom stereocenters. The number of aliphatic hydroxyl groups is 2. The molecule has 0 aliphatic carbocycles. The number of aryl methyl sites for hydroxylation is 1. The van der Waals surface area contributed by atoms with Crippen molar-refractivity contribution in [3.05, 3.63) is 22.5 Å². The number of hydrogen-bond donors (Lipinski definition) is 3. The minimum Gasteiger partial charge on any atom is -0.388 e.